The van der Waals surface area contributed by atoms with Crippen LogP contribution in [0.1, 0.15) is 56.7 Å². The van der Waals surface area contributed by atoms with Crippen molar-refractivity contribution in [2.45, 2.75) is 58.0 Å². The van der Waals surface area contributed by atoms with Crippen molar-refractivity contribution < 1.29 is 9.59 Å². The first-order valence-electron chi connectivity index (χ1n) is 9.84. The summed E-state index contributed by atoms with van der Waals surface area (Å²) in [4.78, 5) is 27.0. The molecule has 0 spiro atoms. The van der Waals surface area contributed by atoms with Crippen LogP contribution in [0.25, 0.3) is 0 Å². The number of nitrogens with one attached hydrogen (secondary N) is 1. The minimum absolute atomic E-state index is 0.0252. The summed E-state index contributed by atoms with van der Waals surface area (Å²) >= 11 is 0. The van der Waals surface area contributed by atoms with Gasteiger partial charge in [-0.1, -0.05) is 74.7 Å². The molecule has 0 aromatic heterocycles. The quantitative estimate of drug-likeness (QED) is 0.740. The van der Waals surface area contributed by atoms with Crippen LogP contribution < -0.4 is 10.2 Å². The molecule has 2 atom stereocenters. The Kier molecular flexibility index (Phi) is 6.28. The average molecular weight is 364 g/mol. The fraction of sp³-hybridized carbons (Fsp3) is 0.391. The zero-order valence-electron chi connectivity index (χ0n) is 16.2. The largest absolute Gasteiger partial charge is 0.347 e. The summed E-state index contributed by atoms with van der Waals surface area (Å²) in [5, 5.41) is 3.22. The van der Waals surface area contributed by atoms with E-state index in [1.807, 2.05) is 42.5 Å². The first-order chi connectivity index (χ1) is 13.1. The number of fused-ring (bicyclic) bond motifs is 1. The monoisotopic (exact) mass is 364 g/mol. The number of amides is 2. The van der Waals surface area contributed by atoms with Crippen molar-refractivity contribution in [1.29, 1.82) is 0 Å². The van der Waals surface area contributed by atoms with Crippen molar-refractivity contribution >= 4 is 17.5 Å². The van der Waals surface area contributed by atoms with E-state index < -0.39 is 6.04 Å². The molecular weight excluding hydrogens is 336 g/mol. The van der Waals surface area contributed by atoms with E-state index in [4.69, 9.17) is 0 Å². The van der Waals surface area contributed by atoms with Crippen LogP contribution in [0.2, 0.25) is 0 Å². The number of carbonyl (C=O) groups is 2. The number of unbranched alkanes of at least 4 members (excludes halogenated alkanes) is 2. The highest BCUT2D eigenvalue weighted by Crippen LogP contribution is 2.32. The van der Waals surface area contributed by atoms with Crippen LogP contribution >= 0.6 is 0 Å². The maximum Gasteiger partial charge on any atom is 0.244 e. The van der Waals surface area contributed by atoms with E-state index in [-0.39, 0.29) is 17.9 Å². The fourth-order valence-corrected chi connectivity index (χ4v) is 3.86. The van der Waals surface area contributed by atoms with E-state index in [0.29, 0.717) is 6.42 Å². The Morgan fingerprint density at radius 2 is 1.78 bits per heavy atom. The predicted octanol–water partition coefficient (Wildman–Crippen LogP) is 4.40. The van der Waals surface area contributed by atoms with Gasteiger partial charge in [0.25, 0.3) is 0 Å². The number of hydrogen-bond donors (Lipinski definition) is 1. The Morgan fingerprint density at radius 3 is 2.48 bits per heavy atom. The predicted molar refractivity (Wildman–Crippen MR) is 109 cm³/mol. The van der Waals surface area contributed by atoms with Gasteiger partial charge in [0, 0.05) is 19.0 Å². The lowest BCUT2D eigenvalue weighted by Gasteiger charge is -2.26. The molecule has 0 saturated carbocycles. The molecule has 2 amide bonds. The lowest BCUT2D eigenvalue weighted by atomic mass is 9.99. The minimum atomic E-state index is -0.475. The summed E-state index contributed by atoms with van der Waals surface area (Å²) in [6, 6.07) is 17.4. The van der Waals surface area contributed by atoms with Gasteiger partial charge in [-0.15, -0.1) is 0 Å². The molecule has 4 nitrogen and oxygen atoms in total. The van der Waals surface area contributed by atoms with E-state index >= 15 is 0 Å². The smallest absolute Gasteiger partial charge is 0.244 e. The number of nitrogens with zero attached hydrogens (tertiary/aromatic N) is 1. The van der Waals surface area contributed by atoms with Gasteiger partial charge in [-0.05, 0) is 23.6 Å². The number of para-hydroxylation sites is 1. The van der Waals surface area contributed by atoms with Gasteiger partial charge in [-0.25, -0.2) is 0 Å². The fourth-order valence-electron chi connectivity index (χ4n) is 3.86. The van der Waals surface area contributed by atoms with Crippen molar-refractivity contribution in [3.05, 3.63) is 65.7 Å². The zero-order chi connectivity index (χ0) is 19.2. The molecule has 4 heteroatoms. The van der Waals surface area contributed by atoms with Crippen LogP contribution in [-0.4, -0.2) is 17.9 Å². The molecule has 0 saturated heterocycles. The van der Waals surface area contributed by atoms with E-state index in [1.165, 1.54) is 6.92 Å². The number of rotatable bonds is 7. The van der Waals surface area contributed by atoms with Gasteiger partial charge in [0.15, 0.2) is 0 Å². The molecule has 0 radical (unpaired) electrons. The van der Waals surface area contributed by atoms with Gasteiger partial charge in [0.05, 0.1) is 6.04 Å². The normalized spacial score (nSPS) is 16.7. The highest BCUT2D eigenvalue weighted by Gasteiger charge is 2.37. The van der Waals surface area contributed by atoms with E-state index in [9.17, 15) is 9.59 Å². The SMILES string of the molecule is CCCCCC(NC(=O)[C@@H]1Cc2ccccc2N1C(C)=O)c1ccccc1. The van der Waals surface area contributed by atoms with Crippen LogP contribution in [0.4, 0.5) is 5.69 Å². The first kappa shape index (κ1) is 19.2. The molecule has 0 bridgehead atoms. The Bertz CT molecular complexity index is 788. The number of benzene rings is 2. The topological polar surface area (TPSA) is 49.4 Å². The van der Waals surface area contributed by atoms with Crippen LogP contribution in [0, 0.1) is 0 Å². The highest BCUT2D eigenvalue weighted by atomic mass is 16.2. The summed E-state index contributed by atoms with van der Waals surface area (Å²) in [6.45, 7) is 3.70. The Balaban J connectivity index is 1.78. The number of anilines is 1. The van der Waals surface area contributed by atoms with Crippen molar-refractivity contribution in [3.8, 4) is 0 Å². The molecule has 2 aromatic carbocycles. The second kappa shape index (κ2) is 8.85. The average Bonchev–Trinajstić information content (AvgIpc) is 3.08. The third-order valence-electron chi connectivity index (χ3n) is 5.23. The van der Waals surface area contributed by atoms with Crippen LogP contribution in [-0.2, 0) is 16.0 Å². The maximum atomic E-state index is 13.1. The van der Waals surface area contributed by atoms with E-state index in [0.717, 1.165) is 42.5 Å². The molecule has 0 fully saturated rings. The van der Waals surface area contributed by atoms with Gasteiger partial charge in [0.1, 0.15) is 6.04 Å². The Hall–Kier alpha value is -2.62. The standard InChI is InChI=1S/C23H28N2O2/c1-3-4-6-14-20(18-11-7-5-8-12-18)24-23(27)22-16-19-13-9-10-15-21(19)25(22)17(2)26/h5,7-13,15,20,22H,3-4,6,14,16H2,1-2H3,(H,24,27)/t20?,22-/m0/s1. The van der Waals surface area contributed by atoms with Crippen LogP contribution in [0.5, 0.6) is 0 Å². The summed E-state index contributed by atoms with van der Waals surface area (Å²) in [6.07, 6.45) is 4.83. The van der Waals surface area contributed by atoms with Gasteiger partial charge in [-0.3, -0.25) is 14.5 Å². The van der Waals surface area contributed by atoms with Crippen molar-refractivity contribution in [2.24, 2.45) is 0 Å². The van der Waals surface area contributed by atoms with Gasteiger partial charge in [0.2, 0.25) is 11.8 Å². The summed E-state index contributed by atoms with van der Waals surface area (Å²) in [5.74, 6) is -0.172. The van der Waals surface area contributed by atoms with Crippen molar-refractivity contribution in [2.75, 3.05) is 4.90 Å². The Morgan fingerprint density at radius 1 is 1.07 bits per heavy atom. The molecule has 0 aliphatic carbocycles. The third-order valence-corrected chi connectivity index (χ3v) is 5.23. The molecule has 1 N–H and O–H groups in total. The molecule has 2 aromatic rings. The molecule has 142 valence electrons. The van der Waals surface area contributed by atoms with Gasteiger partial charge >= 0.3 is 0 Å². The van der Waals surface area contributed by atoms with Crippen LogP contribution in [0.3, 0.4) is 0 Å². The van der Waals surface area contributed by atoms with Crippen molar-refractivity contribution in [1.82, 2.24) is 5.32 Å². The van der Waals surface area contributed by atoms with E-state index in [2.05, 4.69) is 24.4 Å². The molecular formula is C23H28N2O2. The third kappa shape index (κ3) is 4.38. The zero-order valence-corrected chi connectivity index (χ0v) is 16.2. The second-order valence-electron chi connectivity index (χ2n) is 7.21. The van der Waals surface area contributed by atoms with Crippen LogP contribution in [0.15, 0.2) is 54.6 Å². The van der Waals surface area contributed by atoms with Gasteiger partial charge in [-0.2, -0.15) is 0 Å². The molecule has 1 aliphatic heterocycles. The van der Waals surface area contributed by atoms with E-state index in [1.54, 1.807) is 4.90 Å². The lowest BCUT2D eigenvalue weighted by Crippen LogP contribution is -2.48. The summed E-state index contributed by atoms with van der Waals surface area (Å²) in [7, 11) is 0. The lowest BCUT2D eigenvalue weighted by molar-refractivity contribution is -0.126. The molecule has 1 aliphatic rings. The summed E-state index contributed by atoms with van der Waals surface area (Å²) < 4.78 is 0. The number of hydrogen-bond acceptors (Lipinski definition) is 2. The first-order valence-corrected chi connectivity index (χ1v) is 9.84. The highest BCUT2D eigenvalue weighted by molar-refractivity contribution is 6.02. The number of carbonyl (C=O) groups excluding carboxylic acids is 2. The van der Waals surface area contributed by atoms with Crippen molar-refractivity contribution in [3.63, 3.8) is 0 Å². The molecule has 3 rings (SSSR count). The molecule has 27 heavy (non-hydrogen) atoms. The maximum absolute atomic E-state index is 13.1. The second-order valence-corrected chi connectivity index (χ2v) is 7.21. The van der Waals surface area contributed by atoms with Gasteiger partial charge < -0.3 is 5.32 Å². The Labute approximate surface area is 161 Å². The molecule has 1 unspecified atom stereocenters. The summed E-state index contributed by atoms with van der Waals surface area (Å²) in [5.41, 5.74) is 3.02. The minimum Gasteiger partial charge on any atom is -0.347 e. The molecule has 1 heterocycles.